The van der Waals surface area contributed by atoms with Crippen molar-refractivity contribution in [3.8, 4) is 0 Å². The molecule has 2 heterocycles. The summed E-state index contributed by atoms with van der Waals surface area (Å²) < 4.78 is 5.14. The second-order valence-corrected chi connectivity index (χ2v) is 6.72. The normalized spacial score (nSPS) is 15.0. The predicted octanol–water partition coefficient (Wildman–Crippen LogP) is 3.94. The van der Waals surface area contributed by atoms with Gasteiger partial charge in [0, 0.05) is 19.2 Å². The summed E-state index contributed by atoms with van der Waals surface area (Å²) >= 11 is 0. The lowest BCUT2D eigenvalue weighted by Gasteiger charge is -2.31. The minimum Gasteiger partial charge on any atom is -0.462 e. The Balaban J connectivity index is 1.84. The van der Waals surface area contributed by atoms with Gasteiger partial charge in [0.25, 0.3) is 0 Å². The number of aryl methyl sites for hydroxylation is 1. The molecule has 1 aromatic carbocycles. The largest absolute Gasteiger partial charge is 0.462 e. The number of aromatic nitrogens is 2. The van der Waals surface area contributed by atoms with Crippen LogP contribution in [0.25, 0.3) is 0 Å². The van der Waals surface area contributed by atoms with Gasteiger partial charge in [0.05, 0.1) is 17.9 Å². The summed E-state index contributed by atoms with van der Waals surface area (Å²) in [5.74, 6) is 2.75. The first-order valence-corrected chi connectivity index (χ1v) is 9.20. The van der Waals surface area contributed by atoms with Gasteiger partial charge < -0.3 is 15.0 Å². The van der Waals surface area contributed by atoms with Gasteiger partial charge in [-0.3, -0.25) is 0 Å². The van der Waals surface area contributed by atoms with Crippen molar-refractivity contribution in [1.29, 1.82) is 0 Å². The van der Waals surface area contributed by atoms with E-state index in [2.05, 4.69) is 27.1 Å². The lowest BCUT2D eigenvalue weighted by molar-refractivity contribution is 0.0527. The number of para-hydroxylation sites is 1. The van der Waals surface area contributed by atoms with E-state index in [0.29, 0.717) is 29.5 Å². The fourth-order valence-electron chi connectivity index (χ4n) is 3.13. The maximum Gasteiger partial charge on any atom is 0.340 e. The zero-order valence-electron chi connectivity index (χ0n) is 15.7. The third kappa shape index (κ3) is 4.31. The van der Waals surface area contributed by atoms with Crippen LogP contribution in [0.5, 0.6) is 0 Å². The van der Waals surface area contributed by atoms with E-state index in [-0.39, 0.29) is 5.97 Å². The number of nitrogens with zero attached hydrogens (tertiary/aromatic N) is 3. The summed E-state index contributed by atoms with van der Waals surface area (Å²) in [6.45, 7) is 8.35. The molecule has 0 radical (unpaired) electrons. The summed E-state index contributed by atoms with van der Waals surface area (Å²) in [5, 5.41) is 3.26. The molecule has 0 aliphatic carbocycles. The van der Waals surface area contributed by atoms with Gasteiger partial charge in [-0.2, -0.15) is 0 Å². The van der Waals surface area contributed by atoms with Crippen molar-refractivity contribution in [2.75, 3.05) is 29.9 Å². The number of hydrogen-bond acceptors (Lipinski definition) is 6. The molecule has 1 aliphatic rings. The van der Waals surface area contributed by atoms with Crippen molar-refractivity contribution < 1.29 is 9.53 Å². The van der Waals surface area contributed by atoms with Crippen LogP contribution in [0.2, 0.25) is 0 Å². The molecule has 6 nitrogen and oxygen atoms in total. The van der Waals surface area contributed by atoms with E-state index in [9.17, 15) is 4.79 Å². The number of piperidine rings is 1. The third-order valence-corrected chi connectivity index (χ3v) is 4.62. The number of esters is 1. The maximum absolute atomic E-state index is 12.2. The fraction of sp³-hybridized carbons (Fsp3) is 0.450. The molecule has 1 aliphatic heterocycles. The molecular weight excluding hydrogens is 328 g/mol. The topological polar surface area (TPSA) is 67.3 Å². The number of carbonyl (C=O) groups is 1. The van der Waals surface area contributed by atoms with Crippen molar-refractivity contribution in [3.63, 3.8) is 0 Å². The number of carbonyl (C=O) groups excluding carboxylic acids is 1. The van der Waals surface area contributed by atoms with Crippen LogP contribution in [0, 0.1) is 12.8 Å². The first-order chi connectivity index (χ1) is 12.6. The van der Waals surface area contributed by atoms with E-state index >= 15 is 0 Å². The van der Waals surface area contributed by atoms with Crippen LogP contribution < -0.4 is 10.2 Å². The number of benzene rings is 1. The molecule has 0 spiro atoms. The van der Waals surface area contributed by atoms with Gasteiger partial charge in [-0.15, -0.1) is 0 Å². The highest BCUT2D eigenvalue weighted by Gasteiger charge is 2.18. The van der Waals surface area contributed by atoms with Crippen LogP contribution in [0.4, 0.5) is 17.3 Å². The lowest BCUT2D eigenvalue weighted by Crippen LogP contribution is -2.33. The van der Waals surface area contributed by atoms with Crippen molar-refractivity contribution in [2.24, 2.45) is 5.92 Å². The fourth-order valence-corrected chi connectivity index (χ4v) is 3.13. The van der Waals surface area contributed by atoms with Gasteiger partial charge in [0.2, 0.25) is 0 Å². The smallest absolute Gasteiger partial charge is 0.340 e. The summed E-state index contributed by atoms with van der Waals surface area (Å²) in [4.78, 5) is 23.5. The molecule has 1 aromatic heterocycles. The molecule has 2 aromatic rings. The van der Waals surface area contributed by atoms with Crippen LogP contribution in [0.1, 0.15) is 42.9 Å². The molecule has 0 amide bonds. The van der Waals surface area contributed by atoms with E-state index in [1.165, 1.54) is 12.8 Å². The molecule has 0 saturated carbocycles. The molecule has 1 fully saturated rings. The van der Waals surface area contributed by atoms with Crippen molar-refractivity contribution in [3.05, 3.63) is 41.7 Å². The van der Waals surface area contributed by atoms with Crippen LogP contribution in [-0.2, 0) is 4.74 Å². The summed E-state index contributed by atoms with van der Waals surface area (Å²) in [7, 11) is 0. The second kappa shape index (κ2) is 8.17. The van der Waals surface area contributed by atoms with Gasteiger partial charge in [-0.1, -0.05) is 19.1 Å². The minimum absolute atomic E-state index is 0.341. The number of rotatable bonds is 5. The Morgan fingerprint density at radius 1 is 1.27 bits per heavy atom. The SMILES string of the molecule is CCOC(=O)c1ccccc1Nc1cc(N2CCC(C)CC2)nc(C)n1. The van der Waals surface area contributed by atoms with E-state index in [1.807, 2.05) is 31.2 Å². The Hall–Kier alpha value is -2.63. The maximum atomic E-state index is 12.2. The first kappa shape index (κ1) is 18.2. The van der Waals surface area contributed by atoms with Crippen LogP contribution >= 0.6 is 0 Å². The zero-order valence-corrected chi connectivity index (χ0v) is 15.7. The van der Waals surface area contributed by atoms with Crippen LogP contribution in [-0.4, -0.2) is 35.6 Å². The van der Waals surface area contributed by atoms with Gasteiger partial charge in [0.15, 0.2) is 0 Å². The van der Waals surface area contributed by atoms with Crippen molar-refractivity contribution in [1.82, 2.24) is 9.97 Å². The molecule has 0 unspecified atom stereocenters. The number of anilines is 3. The molecule has 0 atom stereocenters. The molecule has 6 heteroatoms. The molecular formula is C20H26N4O2. The molecule has 3 rings (SSSR count). The second-order valence-electron chi connectivity index (χ2n) is 6.72. The number of hydrogen-bond donors (Lipinski definition) is 1. The average Bonchev–Trinajstić information content (AvgIpc) is 2.62. The van der Waals surface area contributed by atoms with Crippen LogP contribution in [0.3, 0.4) is 0 Å². The van der Waals surface area contributed by atoms with E-state index in [4.69, 9.17) is 4.74 Å². The molecule has 138 valence electrons. The van der Waals surface area contributed by atoms with Gasteiger partial charge >= 0.3 is 5.97 Å². The van der Waals surface area contributed by atoms with E-state index in [0.717, 1.165) is 24.8 Å². The molecule has 26 heavy (non-hydrogen) atoms. The number of nitrogens with one attached hydrogen (secondary N) is 1. The van der Waals surface area contributed by atoms with Crippen molar-refractivity contribution in [2.45, 2.75) is 33.6 Å². The monoisotopic (exact) mass is 354 g/mol. The Bertz CT molecular complexity index is 770. The minimum atomic E-state index is -0.341. The summed E-state index contributed by atoms with van der Waals surface area (Å²) in [5.41, 5.74) is 1.18. The third-order valence-electron chi connectivity index (χ3n) is 4.62. The van der Waals surface area contributed by atoms with Crippen LogP contribution in [0.15, 0.2) is 30.3 Å². The number of ether oxygens (including phenoxy) is 1. The Labute approximate surface area is 154 Å². The highest BCUT2D eigenvalue weighted by atomic mass is 16.5. The van der Waals surface area contributed by atoms with Gasteiger partial charge in [0.1, 0.15) is 17.5 Å². The highest BCUT2D eigenvalue weighted by molar-refractivity contribution is 5.96. The van der Waals surface area contributed by atoms with Gasteiger partial charge in [-0.25, -0.2) is 14.8 Å². The average molecular weight is 354 g/mol. The first-order valence-electron chi connectivity index (χ1n) is 9.20. The highest BCUT2D eigenvalue weighted by Crippen LogP contribution is 2.26. The quantitative estimate of drug-likeness (QED) is 0.820. The van der Waals surface area contributed by atoms with E-state index < -0.39 is 0 Å². The van der Waals surface area contributed by atoms with Crippen molar-refractivity contribution >= 4 is 23.3 Å². The summed E-state index contributed by atoms with van der Waals surface area (Å²) in [6.07, 6.45) is 2.36. The Morgan fingerprint density at radius 3 is 2.73 bits per heavy atom. The molecule has 1 N–H and O–H groups in total. The molecule has 0 bridgehead atoms. The molecule has 1 saturated heterocycles. The Morgan fingerprint density at radius 2 is 2.00 bits per heavy atom. The lowest BCUT2D eigenvalue weighted by atomic mass is 9.99. The zero-order chi connectivity index (χ0) is 18.5. The van der Waals surface area contributed by atoms with Gasteiger partial charge in [-0.05, 0) is 44.7 Å². The standard InChI is InChI=1S/C20H26N4O2/c1-4-26-20(25)16-7-5-6-8-17(16)23-18-13-19(22-15(3)21-18)24-11-9-14(2)10-12-24/h5-8,13-14H,4,9-12H2,1-3H3,(H,21,22,23). The predicted molar refractivity (Wildman–Crippen MR) is 103 cm³/mol. The summed E-state index contributed by atoms with van der Waals surface area (Å²) in [6, 6.07) is 9.26. The van der Waals surface area contributed by atoms with E-state index in [1.54, 1.807) is 13.0 Å². The Kier molecular flexibility index (Phi) is 5.71.